The molecule has 1 aromatic heterocycles. The largest absolute Gasteiger partial charge is 0.493 e. The lowest BCUT2D eigenvalue weighted by molar-refractivity contribution is 0.0140. The molecule has 4 aromatic rings. The lowest BCUT2D eigenvalue weighted by atomic mass is 9.85. The van der Waals surface area contributed by atoms with Gasteiger partial charge in [0.2, 0.25) is 0 Å². The molecule has 38 heavy (non-hydrogen) atoms. The predicted molar refractivity (Wildman–Crippen MR) is 155 cm³/mol. The second-order valence-electron chi connectivity index (χ2n) is 10.8. The molecule has 0 bridgehead atoms. The number of carbonyl (C=O) groups is 1. The van der Waals surface area contributed by atoms with Gasteiger partial charge in [-0.15, -0.1) is 11.3 Å². The van der Waals surface area contributed by atoms with Crippen molar-refractivity contribution >= 4 is 27.5 Å². The number of hydrogen-bond donors (Lipinski definition) is 0. The summed E-state index contributed by atoms with van der Waals surface area (Å²) in [5.74, 6) is 1.43. The first-order valence-corrected chi connectivity index (χ1v) is 13.8. The van der Waals surface area contributed by atoms with Gasteiger partial charge in [-0.2, -0.15) is 0 Å². The van der Waals surface area contributed by atoms with Crippen LogP contribution in [0.15, 0.2) is 60.7 Å². The minimum atomic E-state index is -0.569. The van der Waals surface area contributed by atoms with Crippen LogP contribution < -0.4 is 9.47 Å². The molecule has 1 unspecified atom stereocenters. The molecule has 0 fully saturated rings. The maximum Gasteiger partial charge on any atom is 0.410 e. The van der Waals surface area contributed by atoms with Crippen molar-refractivity contribution in [2.45, 2.75) is 52.2 Å². The lowest BCUT2D eigenvalue weighted by Crippen LogP contribution is -2.44. The Morgan fingerprint density at radius 2 is 1.76 bits per heavy atom. The van der Waals surface area contributed by atoms with Crippen LogP contribution in [0.2, 0.25) is 0 Å². The van der Waals surface area contributed by atoms with E-state index < -0.39 is 5.60 Å². The maximum atomic E-state index is 13.4. The first-order chi connectivity index (χ1) is 18.2. The van der Waals surface area contributed by atoms with Gasteiger partial charge in [0.05, 0.1) is 20.3 Å². The number of hydrogen-bond acceptors (Lipinski definition) is 5. The van der Waals surface area contributed by atoms with Crippen molar-refractivity contribution in [3.8, 4) is 21.9 Å². The molecule has 5 nitrogen and oxygen atoms in total. The molecule has 0 spiro atoms. The molecule has 2 heterocycles. The Morgan fingerprint density at radius 3 is 2.42 bits per heavy atom. The van der Waals surface area contributed by atoms with E-state index in [4.69, 9.17) is 14.2 Å². The zero-order chi connectivity index (χ0) is 27.0. The Kier molecular flexibility index (Phi) is 7.10. The second-order valence-corrected chi connectivity index (χ2v) is 11.9. The van der Waals surface area contributed by atoms with Gasteiger partial charge in [-0.1, -0.05) is 42.5 Å². The molecule has 6 heteroatoms. The summed E-state index contributed by atoms with van der Waals surface area (Å²) in [6, 6.07) is 21.3. The third-order valence-corrected chi connectivity index (χ3v) is 8.26. The molecular formula is C32H35NO4S. The lowest BCUT2D eigenvalue weighted by Gasteiger charge is -2.39. The van der Waals surface area contributed by atoms with E-state index in [-0.39, 0.29) is 12.1 Å². The molecule has 0 N–H and O–H groups in total. The summed E-state index contributed by atoms with van der Waals surface area (Å²) >= 11 is 1.81. The van der Waals surface area contributed by atoms with Gasteiger partial charge in [0.1, 0.15) is 5.60 Å². The molecule has 0 aliphatic carbocycles. The minimum absolute atomic E-state index is 0.177. The Bertz CT molecular complexity index is 1430. The van der Waals surface area contributed by atoms with Gasteiger partial charge < -0.3 is 19.1 Å². The van der Waals surface area contributed by atoms with Crippen LogP contribution in [0, 0.1) is 6.92 Å². The van der Waals surface area contributed by atoms with E-state index in [9.17, 15) is 4.79 Å². The van der Waals surface area contributed by atoms with Crippen LogP contribution in [-0.2, 0) is 17.6 Å². The van der Waals surface area contributed by atoms with E-state index in [2.05, 4.69) is 67.6 Å². The van der Waals surface area contributed by atoms with Gasteiger partial charge in [-0.05, 0) is 86.4 Å². The molecule has 1 aliphatic rings. The van der Waals surface area contributed by atoms with Crippen LogP contribution in [0.4, 0.5) is 4.79 Å². The summed E-state index contributed by atoms with van der Waals surface area (Å²) in [7, 11) is 3.32. The van der Waals surface area contributed by atoms with Crippen molar-refractivity contribution in [3.05, 3.63) is 82.9 Å². The number of carbonyl (C=O) groups excluding carboxylic acids is 1. The predicted octanol–water partition coefficient (Wildman–Crippen LogP) is 7.97. The van der Waals surface area contributed by atoms with Crippen LogP contribution >= 0.6 is 11.3 Å². The number of benzene rings is 3. The summed E-state index contributed by atoms with van der Waals surface area (Å²) in [5, 5.41) is 1.27. The summed E-state index contributed by atoms with van der Waals surface area (Å²) in [4.78, 5) is 16.5. The first-order valence-electron chi connectivity index (χ1n) is 13.0. The molecule has 0 saturated carbocycles. The summed E-state index contributed by atoms with van der Waals surface area (Å²) in [6.07, 6.45) is 1.12. The number of ether oxygens (including phenoxy) is 3. The minimum Gasteiger partial charge on any atom is -0.493 e. The van der Waals surface area contributed by atoms with Crippen molar-refractivity contribution in [1.82, 2.24) is 4.90 Å². The Balaban J connectivity index is 1.51. The molecule has 0 saturated heterocycles. The SMILES string of the molecule is COc1cc2c(c(C)c1OC)C(Cc1ccc(-c3cc4ccccc4s3)cc1)N(C(=O)OC(C)(C)C)CC2. The number of methoxy groups -OCH3 is 2. The smallest absolute Gasteiger partial charge is 0.410 e. The van der Waals surface area contributed by atoms with E-state index in [1.165, 1.54) is 26.1 Å². The van der Waals surface area contributed by atoms with Gasteiger partial charge in [-0.3, -0.25) is 0 Å². The van der Waals surface area contributed by atoms with Crippen molar-refractivity contribution in [1.29, 1.82) is 0 Å². The monoisotopic (exact) mass is 529 g/mol. The third-order valence-electron chi connectivity index (χ3n) is 7.10. The molecular weight excluding hydrogens is 494 g/mol. The zero-order valence-corrected chi connectivity index (χ0v) is 23.8. The number of thiophene rings is 1. The molecule has 1 amide bonds. The van der Waals surface area contributed by atoms with E-state index in [0.717, 1.165) is 28.9 Å². The number of rotatable bonds is 5. The maximum absolute atomic E-state index is 13.4. The van der Waals surface area contributed by atoms with Crippen LogP contribution in [-0.4, -0.2) is 37.4 Å². The normalized spacial score (nSPS) is 15.3. The van der Waals surface area contributed by atoms with Crippen molar-refractivity contribution in [3.63, 3.8) is 0 Å². The fourth-order valence-electron chi connectivity index (χ4n) is 5.38. The van der Waals surface area contributed by atoms with E-state index in [1.54, 1.807) is 25.6 Å². The number of amides is 1. The molecule has 1 atom stereocenters. The van der Waals surface area contributed by atoms with E-state index in [1.807, 2.05) is 25.7 Å². The summed E-state index contributed by atoms with van der Waals surface area (Å²) in [6.45, 7) is 8.36. The molecule has 3 aromatic carbocycles. The van der Waals surface area contributed by atoms with Crippen LogP contribution in [0.5, 0.6) is 11.5 Å². The Morgan fingerprint density at radius 1 is 1.03 bits per heavy atom. The fourth-order valence-corrected chi connectivity index (χ4v) is 6.45. The highest BCUT2D eigenvalue weighted by Crippen LogP contribution is 2.44. The number of fused-ring (bicyclic) bond motifs is 2. The van der Waals surface area contributed by atoms with Crippen molar-refractivity contribution in [2.24, 2.45) is 0 Å². The molecule has 1 aliphatic heterocycles. The van der Waals surface area contributed by atoms with Crippen molar-refractivity contribution in [2.75, 3.05) is 20.8 Å². The first kappa shape index (κ1) is 26.1. The molecule has 0 radical (unpaired) electrons. The molecule has 5 rings (SSSR count). The Labute approximate surface area is 229 Å². The standard InChI is InChI=1S/C32H35NO4S/c1-20-29-24(18-26(35-5)30(20)36-6)15-16-33(31(34)37-32(2,3)4)25(29)17-21-11-13-22(14-12-21)28-19-23-9-7-8-10-27(23)38-28/h7-14,18-19,25H,15-17H2,1-6H3. The summed E-state index contributed by atoms with van der Waals surface area (Å²) in [5.41, 5.74) is 5.10. The highest BCUT2D eigenvalue weighted by atomic mass is 32.1. The van der Waals surface area contributed by atoms with Gasteiger partial charge in [-0.25, -0.2) is 4.79 Å². The van der Waals surface area contributed by atoms with E-state index >= 15 is 0 Å². The van der Waals surface area contributed by atoms with Gasteiger partial charge >= 0.3 is 6.09 Å². The van der Waals surface area contributed by atoms with Crippen LogP contribution in [0.25, 0.3) is 20.5 Å². The highest BCUT2D eigenvalue weighted by molar-refractivity contribution is 7.22. The van der Waals surface area contributed by atoms with E-state index in [0.29, 0.717) is 18.7 Å². The third kappa shape index (κ3) is 5.10. The van der Waals surface area contributed by atoms with Gasteiger partial charge in [0.15, 0.2) is 11.5 Å². The van der Waals surface area contributed by atoms with Crippen molar-refractivity contribution < 1.29 is 19.0 Å². The van der Waals surface area contributed by atoms with Gasteiger partial charge in [0, 0.05) is 21.7 Å². The fraction of sp³-hybridized carbons (Fsp3) is 0.344. The second kappa shape index (κ2) is 10.3. The van der Waals surface area contributed by atoms with Crippen LogP contribution in [0.1, 0.15) is 49.1 Å². The highest BCUT2D eigenvalue weighted by Gasteiger charge is 2.36. The average Bonchev–Trinajstić information content (AvgIpc) is 3.32. The molecule has 198 valence electrons. The van der Waals surface area contributed by atoms with Crippen LogP contribution in [0.3, 0.4) is 0 Å². The zero-order valence-electron chi connectivity index (χ0n) is 23.0. The Hall–Kier alpha value is -3.51. The number of nitrogens with zero attached hydrogens (tertiary/aromatic N) is 1. The average molecular weight is 530 g/mol. The topological polar surface area (TPSA) is 48.0 Å². The van der Waals surface area contributed by atoms with Gasteiger partial charge in [0.25, 0.3) is 0 Å². The quantitative estimate of drug-likeness (QED) is 0.263. The summed E-state index contributed by atoms with van der Waals surface area (Å²) < 4.78 is 18.5.